The molecule has 2 aliphatic rings. The molecular weight excluding hydrogens is 457 g/mol. The third-order valence-corrected chi connectivity index (χ3v) is 8.52. The first-order valence-corrected chi connectivity index (χ1v) is 13.1. The van der Waals surface area contributed by atoms with Gasteiger partial charge in [0, 0.05) is 36.8 Å². The van der Waals surface area contributed by atoms with E-state index in [1.54, 1.807) is 21.8 Å². The second kappa shape index (κ2) is 7.41. The zero-order valence-electron chi connectivity index (χ0n) is 18.9. The molecule has 0 N–H and O–H groups in total. The molecular formula is C23H24FN7O2S. The summed E-state index contributed by atoms with van der Waals surface area (Å²) in [7, 11) is -3.22. The van der Waals surface area contributed by atoms with Gasteiger partial charge in [-0.3, -0.25) is 0 Å². The second-order valence-electron chi connectivity index (χ2n) is 9.22. The van der Waals surface area contributed by atoms with Crippen LogP contribution in [0.2, 0.25) is 0 Å². The van der Waals surface area contributed by atoms with Crippen molar-refractivity contribution < 1.29 is 12.8 Å². The Morgan fingerprint density at radius 2 is 1.79 bits per heavy atom. The maximum atomic E-state index is 14.0. The standard InChI is InChI=1S/C23H24FN7O2S/c1-15-17(24)4-5-18(27-15)20-21(16-3-6-19-25-14-26-31(19)13-16)30-12-9-23(22(30)28-20)7-10-29(11-8-23)34(2,32)33/h3-6,13-14H,7-12H2,1-2H3. The Hall–Kier alpha value is -3.18. The van der Waals surface area contributed by atoms with Gasteiger partial charge in [-0.05, 0) is 50.5 Å². The minimum atomic E-state index is -3.22. The summed E-state index contributed by atoms with van der Waals surface area (Å²) in [6.07, 6.45) is 7.03. The number of aryl methyl sites for hydroxylation is 1. The van der Waals surface area contributed by atoms with E-state index in [2.05, 4.69) is 19.6 Å². The highest BCUT2D eigenvalue weighted by Crippen LogP contribution is 2.47. The molecule has 0 bridgehead atoms. The number of hydrogen-bond donors (Lipinski definition) is 0. The summed E-state index contributed by atoms with van der Waals surface area (Å²) >= 11 is 0. The van der Waals surface area contributed by atoms with Crippen LogP contribution in [-0.2, 0) is 22.0 Å². The number of aromatic nitrogens is 6. The Balaban J connectivity index is 1.51. The Morgan fingerprint density at radius 1 is 1.03 bits per heavy atom. The fourth-order valence-electron chi connectivity index (χ4n) is 5.34. The van der Waals surface area contributed by atoms with Crippen molar-refractivity contribution in [3.05, 3.63) is 54.1 Å². The van der Waals surface area contributed by atoms with Crippen molar-refractivity contribution in [1.29, 1.82) is 0 Å². The molecule has 0 aromatic carbocycles. The molecule has 0 atom stereocenters. The first-order valence-electron chi connectivity index (χ1n) is 11.2. The fourth-order valence-corrected chi connectivity index (χ4v) is 6.18. The third kappa shape index (κ3) is 3.25. The van der Waals surface area contributed by atoms with E-state index < -0.39 is 10.0 Å². The number of hydrogen-bond acceptors (Lipinski definition) is 6. The summed E-state index contributed by atoms with van der Waals surface area (Å²) in [6.45, 7) is 3.38. The molecule has 4 aromatic heterocycles. The molecule has 6 rings (SSSR count). The van der Waals surface area contributed by atoms with Gasteiger partial charge in [0.25, 0.3) is 0 Å². The Labute approximate surface area is 196 Å². The van der Waals surface area contributed by atoms with Gasteiger partial charge < -0.3 is 4.57 Å². The van der Waals surface area contributed by atoms with Crippen molar-refractivity contribution in [1.82, 2.24) is 33.4 Å². The number of sulfonamides is 1. The molecule has 176 valence electrons. The number of piperidine rings is 1. The summed E-state index contributed by atoms with van der Waals surface area (Å²) in [5.74, 6) is 0.596. The zero-order chi connectivity index (χ0) is 23.7. The first-order chi connectivity index (χ1) is 16.2. The minimum absolute atomic E-state index is 0.194. The van der Waals surface area contributed by atoms with Crippen LogP contribution in [0.5, 0.6) is 0 Å². The second-order valence-corrected chi connectivity index (χ2v) is 11.2. The van der Waals surface area contributed by atoms with Crippen molar-refractivity contribution in [3.8, 4) is 22.6 Å². The van der Waals surface area contributed by atoms with Crippen molar-refractivity contribution in [2.24, 2.45) is 0 Å². The van der Waals surface area contributed by atoms with Crippen LogP contribution in [0, 0.1) is 12.7 Å². The highest BCUT2D eigenvalue weighted by Gasteiger charge is 2.46. The van der Waals surface area contributed by atoms with E-state index in [1.807, 2.05) is 18.3 Å². The van der Waals surface area contributed by atoms with Crippen LogP contribution >= 0.6 is 0 Å². The van der Waals surface area contributed by atoms with Gasteiger partial charge in [0.15, 0.2) is 5.65 Å². The van der Waals surface area contributed by atoms with Gasteiger partial charge in [-0.25, -0.2) is 36.6 Å². The molecule has 0 unspecified atom stereocenters. The lowest BCUT2D eigenvalue weighted by atomic mass is 9.77. The lowest BCUT2D eigenvalue weighted by Crippen LogP contribution is -2.44. The van der Waals surface area contributed by atoms with Gasteiger partial charge in [-0.15, -0.1) is 0 Å². The van der Waals surface area contributed by atoms with E-state index >= 15 is 0 Å². The van der Waals surface area contributed by atoms with E-state index in [0.717, 1.165) is 35.7 Å². The molecule has 0 aliphatic carbocycles. The zero-order valence-corrected chi connectivity index (χ0v) is 19.8. The molecule has 1 fully saturated rings. The largest absolute Gasteiger partial charge is 0.327 e. The highest BCUT2D eigenvalue weighted by molar-refractivity contribution is 7.88. The van der Waals surface area contributed by atoms with Crippen molar-refractivity contribution in [2.45, 2.75) is 38.1 Å². The van der Waals surface area contributed by atoms with Gasteiger partial charge in [-0.1, -0.05) is 0 Å². The SMILES string of the molecule is Cc1nc(-c2nc3n(c2-c2ccc4ncnn4c2)CCC32CCN(S(C)(=O)=O)CC2)ccc1F. The van der Waals surface area contributed by atoms with E-state index in [4.69, 9.17) is 4.98 Å². The lowest BCUT2D eigenvalue weighted by Gasteiger charge is -2.37. The molecule has 11 heteroatoms. The van der Waals surface area contributed by atoms with Crippen molar-refractivity contribution >= 4 is 15.7 Å². The summed E-state index contributed by atoms with van der Waals surface area (Å²) < 4.78 is 43.6. The number of pyridine rings is 2. The molecule has 6 heterocycles. The molecule has 1 spiro atoms. The van der Waals surface area contributed by atoms with E-state index in [-0.39, 0.29) is 11.2 Å². The minimum Gasteiger partial charge on any atom is -0.327 e. The van der Waals surface area contributed by atoms with Gasteiger partial charge >= 0.3 is 0 Å². The van der Waals surface area contributed by atoms with Crippen LogP contribution in [-0.4, -0.2) is 61.2 Å². The number of rotatable bonds is 3. The van der Waals surface area contributed by atoms with Crippen LogP contribution < -0.4 is 0 Å². The normalized spacial score (nSPS) is 18.1. The van der Waals surface area contributed by atoms with Gasteiger partial charge in [0.1, 0.15) is 23.7 Å². The predicted octanol–water partition coefficient (Wildman–Crippen LogP) is 2.80. The van der Waals surface area contributed by atoms with E-state index in [0.29, 0.717) is 43.0 Å². The van der Waals surface area contributed by atoms with Crippen molar-refractivity contribution in [2.75, 3.05) is 19.3 Å². The van der Waals surface area contributed by atoms with Crippen LogP contribution in [0.4, 0.5) is 4.39 Å². The Kier molecular flexibility index (Phi) is 4.65. The molecule has 1 saturated heterocycles. The number of imidazole rings is 1. The monoisotopic (exact) mass is 481 g/mol. The van der Waals surface area contributed by atoms with Gasteiger partial charge in [-0.2, -0.15) is 5.10 Å². The van der Waals surface area contributed by atoms with Crippen molar-refractivity contribution in [3.63, 3.8) is 0 Å². The van der Waals surface area contributed by atoms with Gasteiger partial charge in [0.2, 0.25) is 10.0 Å². The molecule has 34 heavy (non-hydrogen) atoms. The number of fused-ring (bicyclic) bond motifs is 3. The maximum Gasteiger partial charge on any atom is 0.211 e. The lowest BCUT2D eigenvalue weighted by molar-refractivity contribution is 0.229. The molecule has 2 aliphatic heterocycles. The summed E-state index contributed by atoms with van der Waals surface area (Å²) in [4.78, 5) is 13.8. The molecule has 0 amide bonds. The third-order valence-electron chi connectivity index (χ3n) is 7.22. The first kappa shape index (κ1) is 21.4. The van der Waals surface area contributed by atoms with Crippen LogP contribution in [0.3, 0.4) is 0 Å². The number of halogens is 1. The van der Waals surface area contributed by atoms with Crippen LogP contribution in [0.15, 0.2) is 36.8 Å². The quantitative estimate of drug-likeness (QED) is 0.446. The predicted molar refractivity (Wildman–Crippen MR) is 124 cm³/mol. The highest BCUT2D eigenvalue weighted by atomic mass is 32.2. The summed E-state index contributed by atoms with van der Waals surface area (Å²) in [6, 6.07) is 6.99. The topological polar surface area (TPSA) is 98.3 Å². The fraction of sp³-hybridized carbons (Fsp3) is 0.391. The smallest absolute Gasteiger partial charge is 0.211 e. The molecule has 0 saturated carbocycles. The van der Waals surface area contributed by atoms with Crippen LogP contribution in [0.1, 0.15) is 30.8 Å². The molecule has 9 nitrogen and oxygen atoms in total. The molecule has 0 radical (unpaired) electrons. The van der Waals surface area contributed by atoms with E-state index in [1.165, 1.54) is 18.6 Å². The molecule has 4 aromatic rings. The average molecular weight is 482 g/mol. The Morgan fingerprint density at radius 3 is 2.53 bits per heavy atom. The Bertz CT molecular complexity index is 1530. The summed E-state index contributed by atoms with van der Waals surface area (Å²) in [5.41, 5.74) is 4.00. The average Bonchev–Trinajstić information content (AvgIpc) is 3.50. The summed E-state index contributed by atoms with van der Waals surface area (Å²) in [5, 5.41) is 4.27. The van der Waals surface area contributed by atoms with Crippen LogP contribution in [0.25, 0.3) is 28.3 Å². The van der Waals surface area contributed by atoms with E-state index in [9.17, 15) is 12.8 Å². The number of nitrogens with zero attached hydrogens (tertiary/aromatic N) is 7. The maximum absolute atomic E-state index is 14.0. The van der Waals surface area contributed by atoms with Gasteiger partial charge in [0.05, 0.1) is 23.3 Å².